The molecule has 0 saturated carbocycles. The Labute approximate surface area is 123 Å². The Kier molecular flexibility index (Phi) is 4.52. The average Bonchev–Trinajstić information content (AvgIpc) is 2.71. The predicted octanol–water partition coefficient (Wildman–Crippen LogP) is 2.36. The Bertz CT molecular complexity index is 460. The zero-order valence-electron chi connectivity index (χ0n) is 13.6. The van der Waals surface area contributed by atoms with Gasteiger partial charge in [-0.3, -0.25) is 4.90 Å². The summed E-state index contributed by atoms with van der Waals surface area (Å²) in [6, 6.07) is 7.34. The summed E-state index contributed by atoms with van der Waals surface area (Å²) in [4.78, 5) is 4.74. The second-order valence-electron chi connectivity index (χ2n) is 7.19. The number of fused-ring (bicyclic) bond motifs is 1. The maximum absolute atomic E-state index is 6.05. The fourth-order valence-electron chi connectivity index (χ4n) is 2.88. The van der Waals surface area contributed by atoms with Crippen LogP contribution in [0.3, 0.4) is 0 Å². The van der Waals surface area contributed by atoms with Crippen LogP contribution in [0.2, 0.25) is 0 Å². The first-order valence-corrected chi connectivity index (χ1v) is 7.55. The Hall–Kier alpha value is -0.900. The van der Waals surface area contributed by atoms with E-state index in [1.54, 1.807) is 0 Å². The molecule has 0 fully saturated rings. The largest absolute Gasteiger partial charge is 0.329 e. The molecule has 1 unspecified atom stereocenters. The third kappa shape index (κ3) is 3.22. The minimum atomic E-state index is 0.200. The van der Waals surface area contributed by atoms with Crippen molar-refractivity contribution in [3.05, 3.63) is 34.9 Å². The van der Waals surface area contributed by atoms with Crippen molar-refractivity contribution in [2.75, 3.05) is 33.7 Å². The zero-order valence-corrected chi connectivity index (χ0v) is 13.6. The number of hydrogen-bond donors (Lipinski definition) is 1. The van der Waals surface area contributed by atoms with E-state index in [0.29, 0.717) is 12.6 Å². The van der Waals surface area contributed by atoms with Gasteiger partial charge < -0.3 is 10.6 Å². The van der Waals surface area contributed by atoms with Crippen LogP contribution in [0.4, 0.5) is 0 Å². The molecular weight excluding hydrogens is 246 g/mol. The minimum Gasteiger partial charge on any atom is -0.329 e. The molecule has 1 heterocycles. The van der Waals surface area contributed by atoms with Gasteiger partial charge in [0.1, 0.15) is 0 Å². The highest BCUT2D eigenvalue weighted by Gasteiger charge is 2.30. The van der Waals surface area contributed by atoms with E-state index in [-0.39, 0.29) is 5.41 Å². The normalized spacial score (nSPS) is 19.6. The fourth-order valence-corrected chi connectivity index (χ4v) is 2.88. The van der Waals surface area contributed by atoms with Crippen LogP contribution in [-0.4, -0.2) is 43.5 Å². The predicted molar refractivity (Wildman–Crippen MR) is 85.9 cm³/mol. The van der Waals surface area contributed by atoms with Crippen LogP contribution in [0, 0.1) is 0 Å². The van der Waals surface area contributed by atoms with E-state index in [9.17, 15) is 0 Å². The first-order valence-electron chi connectivity index (χ1n) is 7.55. The Balaban J connectivity index is 2.23. The van der Waals surface area contributed by atoms with Gasteiger partial charge in [0.15, 0.2) is 0 Å². The SMILES string of the molecule is CN(C)CCN1Cc2ccc(C(C)(C)C)cc2C1CN. The number of likely N-dealkylation sites (N-methyl/N-ethyl adjacent to an activating group) is 1. The quantitative estimate of drug-likeness (QED) is 0.915. The highest BCUT2D eigenvalue weighted by molar-refractivity contribution is 5.40. The summed E-state index contributed by atoms with van der Waals surface area (Å²) in [5.74, 6) is 0. The molecular formula is C17H29N3. The van der Waals surface area contributed by atoms with Gasteiger partial charge in [-0.1, -0.05) is 39.0 Å². The van der Waals surface area contributed by atoms with Crippen molar-refractivity contribution in [2.24, 2.45) is 5.73 Å². The molecule has 1 aromatic carbocycles. The van der Waals surface area contributed by atoms with Gasteiger partial charge >= 0.3 is 0 Å². The van der Waals surface area contributed by atoms with Gasteiger partial charge in [0, 0.05) is 32.2 Å². The molecule has 0 aromatic heterocycles. The molecule has 1 atom stereocenters. The summed E-state index contributed by atoms with van der Waals surface area (Å²) in [5, 5.41) is 0. The summed E-state index contributed by atoms with van der Waals surface area (Å²) in [5.41, 5.74) is 10.5. The first kappa shape index (κ1) is 15.5. The molecule has 1 aliphatic heterocycles. The van der Waals surface area contributed by atoms with E-state index >= 15 is 0 Å². The standard InChI is InChI=1S/C17H29N3/c1-17(2,3)14-7-6-13-12-20(9-8-19(4)5)16(11-18)15(13)10-14/h6-7,10,16H,8-9,11-12,18H2,1-5H3. The van der Waals surface area contributed by atoms with Gasteiger partial charge in [0.25, 0.3) is 0 Å². The molecule has 0 bridgehead atoms. The summed E-state index contributed by atoms with van der Waals surface area (Å²) in [6.45, 7) is 10.7. The van der Waals surface area contributed by atoms with Gasteiger partial charge in [-0.05, 0) is 36.2 Å². The van der Waals surface area contributed by atoms with Gasteiger partial charge in [-0.2, -0.15) is 0 Å². The number of nitrogens with zero attached hydrogens (tertiary/aromatic N) is 2. The Morgan fingerprint density at radius 1 is 1.30 bits per heavy atom. The number of benzene rings is 1. The van der Waals surface area contributed by atoms with E-state index in [4.69, 9.17) is 5.73 Å². The van der Waals surface area contributed by atoms with Crippen molar-refractivity contribution >= 4 is 0 Å². The molecule has 0 aliphatic carbocycles. The maximum atomic E-state index is 6.05. The highest BCUT2D eigenvalue weighted by atomic mass is 15.2. The van der Waals surface area contributed by atoms with Crippen molar-refractivity contribution in [1.29, 1.82) is 0 Å². The molecule has 112 valence electrons. The summed E-state index contributed by atoms with van der Waals surface area (Å²) < 4.78 is 0. The average molecular weight is 275 g/mol. The lowest BCUT2D eigenvalue weighted by Gasteiger charge is -2.26. The second-order valence-corrected chi connectivity index (χ2v) is 7.19. The molecule has 3 heteroatoms. The van der Waals surface area contributed by atoms with E-state index < -0.39 is 0 Å². The first-order chi connectivity index (χ1) is 9.32. The van der Waals surface area contributed by atoms with E-state index in [0.717, 1.165) is 19.6 Å². The molecule has 1 aromatic rings. The fraction of sp³-hybridized carbons (Fsp3) is 0.647. The van der Waals surface area contributed by atoms with E-state index in [2.05, 4.69) is 62.9 Å². The van der Waals surface area contributed by atoms with Crippen molar-refractivity contribution in [3.8, 4) is 0 Å². The van der Waals surface area contributed by atoms with Crippen LogP contribution in [0.15, 0.2) is 18.2 Å². The van der Waals surface area contributed by atoms with Crippen LogP contribution >= 0.6 is 0 Å². The Morgan fingerprint density at radius 3 is 2.55 bits per heavy atom. The monoisotopic (exact) mass is 275 g/mol. The van der Waals surface area contributed by atoms with Crippen LogP contribution in [0.25, 0.3) is 0 Å². The molecule has 2 N–H and O–H groups in total. The van der Waals surface area contributed by atoms with Gasteiger partial charge in [0.05, 0.1) is 0 Å². The van der Waals surface area contributed by atoms with Crippen LogP contribution < -0.4 is 5.73 Å². The highest BCUT2D eigenvalue weighted by Crippen LogP contribution is 2.35. The topological polar surface area (TPSA) is 32.5 Å². The van der Waals surface area contributed by atoms with Crippen molar-refractivity contribution < 1.29 is 0 Å². The lowest BCUT2D eigenvalue weighted by Crippen LogP contribution is -2.33. The van der Waals surface area contributed by atoms with Gasteiger partial charge in [-0.25, -0.2) is 0 Å². The third-order valence-corrected chi connectivity index (χ3v) is 4.24. The molecule has 0 radical (unpaired) electrons. The van der Waals surface area contributed by atoms with Crippen LogP contribution in [-0.2, 0) is 12.0 Å². The Morgan fingerprint density at radius 2 is 2.00 bits per heavy atom. The van der Waals surface area contributed by atoms with Crippen molar-refractivity contribution in [2.45, 2.75) is 38.8 Å². The lowest BCUT2D eigenvalue weighted by molar-refractivity contribution is 0.197. The number of rotatable bonds is 4. The van der Waals surface area contributed by atoms with E-state index in [1.807, 2.05) is 0 Å². The minimum absolute atomic E-state index is 0.200. The molecule has 20 heavy (non-hydrogen) atoms. The molecule has 0 saturated heterocycles. The molecule has 2 rings (SSSR count). The van der Waals surface area contributed by atoms with E-state index in [1.165, 1.54) is 16.7 Å². The maximum Gasteiger partial charge on any atom is 0.0477 e. The van der Waals surface area contributed by atoms with Crippen molar-refractivity contribution in [3.63, 3.8) is 0 Å². The summed E-state index contributed by atoms with van der Waals surface area (Å²) in [6.07, 6.45) is 0. The smallest absolute Gasteiger partial charge is 0.0477 e. The van der Waals surface area contributed by atoms with Crippen LogP contribution in [0.5, 0.6) is 0 Å². The van der Waals surface area contributed by atoms with Crippen LogP contribution in [0.1, 0.15) is 43.5 Å². The van der Waals surface area contributed by atoms with Crippen molar-refractivity contribution in [1.82, 2.24) is 9.80 Å². The number of hydrogen-bond acceptors (Lipinski definition) is 3. The molecule has 3 nitrogen and oxygen atoms in total. The number of nitrogens with two attached hydrogens (primary N) is 1. The lowest BCUT2D eigenvalue weighted by atomic mass is 9.85. The summed E-state index contributed by atoms with van der Waals surface area (Å²) >= 11 is 0. The summed E-state index contributed by atoms with van der Waals surface area (Å²) in [7, 11) is 4.25. The van der Waals surface area contributed by atoms with Gasteiger partial charge in [-0.15, -0.1) is 0 Å². The van der Waals surface area contributed by atoms with Gasteiger partial charge in [0.2, 0.25) is 0 Å². The zero-order chi connectivity index (χ0) is 14.9. The molecule has 0 amide bonds. The molecule has 1 aliphatic rings. The second kappa shape index (κ2) is 5.84. The molecule has 0 spiro atoms. The third-order valence-electron chi connectivity index (χ3n) is 4.24.